The number of hydrogen-bond acceptors (Lipinski definition) is 3. The Labute approximate surface area is 108 Å². The van der Waals surface area contributed by atoms with Gasteiger partial charge >= 0.3 is 0 Å². The minimum atomic E-state index is 0.0251. The lowest BCUT2D eigenvalue weighted by Crippen LogP contribution is -2.08. The molecule has 0 fully saturated rings. The molecule has 1 unspecified atom stereocenters. The van der Waals surface area contributed by atoms with Crippen molar-refractivity contribution in [2.45, 2.75) is 46.8 Å². The van der Waals surface area contributed by atoms with Crippen molar-refractivity contribution in [1.29, 1.82) is 0 Å². The summed E-state index contributed by atoms with van der Waals surface area (Å²) in [5.74, 6) is 0. The van der Waals surface area contributed by atoms with Crippen molar-refractivity contribution in [2.24, 2.45) is 5.73 Å². The number of aromatic nitrogens is 4. The maximum atomic E-state index is 5.98. The van der Waals surface area contributed by atoms with Crippen LogP contribution < -0.4 is 5.73 Å². The van der Waals surface area contributed by atoms with Crippen molar-refractivity contribution in [3.63, 3.8) is 0 Å². The third kappa shape index (κ3) is 2.31. The minimum absolute atomic E-state index is 0.0251. The summed E-state index contributed by atoms with van der Waals surface area (Å²) in [4.78, 5) is 0. The highest BCUT2D eigenvalue weighted by Gasteiger charge is 2.15. The molecule has 98 valence electrons. The first-order chi connectivity index (χ1) is 8.52. The Bertz CT molecular complexity index is 536. The Balaban J connectivity index is 2.27. The van der Waals surface area contributed by atoms with Crippen molar-refractivity contribution in [2.75, 3.05) is 0 Å². The van der Waals surface area contributed by atoms with Crippen LogP contribution in [0.2, 0.25) is 0 Å². The predicted molar refractivity (Wildman–Crippen MR) is 71.3 cm³/mol. The van der Waals surface area contributed by atoms with E-state index in [0.717, 1.165) is 30.0 Å². The maximum Gasteiger partial charge on any atom is 0.0693 e. The van der Waals surface area contributed by atoms with E-state index in [1.165, 1.54) is 5.56 Å². The lowest BCUT2D eigenvalue weighted by Gasteiger charge is -2.06. The molecular formula is C13H21N5. The summed E-state index contributed by atoms with van der Waals surface area (Å²) in [6.07, 6.45) is 3.95. The molecule has 0 bridgehead atoms. The predicted octanol–water partition coefficient (Wildman–Crippen LogP) is 1.78. The molecule has 0 aliphatic rings. The van der Waals surface area contributed by atoms with Gasteiger partial charge in [-0.15, -0.1) is 0 Å². The quantitative estimate of drug-likeness (QED) is 0.896. The molecule has 2 heterocycles. The molecule has 2 aromatic rings. The van der Waals surface area contributed by atoms with Gasteiger partial charge in [0.1, 0.15) is 0 Å². The first kappa shape index (κ1) is 12.8. The van der Waals surface area contributed by atoms with Crippen LogP contribution in [-0.2, 0) is 13.1 Å². The van der Waals surface area contributed by atoms with Crippen LogP contribution in [0.15, 0.2) is 12.4 Å². The third-order valence-electron chi connectivity index (χ3n) is 3.24. The number of rotatable bonds is 4. The molecule has 2 N–H and O–H groups in total. The zero-order valence-corrected chi connectivity index (χ0v) is 11.5. The summed E-state index contributed by atoms with van der Waals surface area (Å²) in [5, 5.41) is 8.84. The number of nitrogens with zero attached hydrogens (tertiary/aromatic N) is 4. The SMILES string of the molecule is CCn1cc(Cn2nc(C)c(C(C)N)c2C)cn1. The molecule has 18 heavy (non-hydrogen) atoms. The summed E-state index contributed by atoms with van der Waals surface area (Å²) < 4.78 is 3.93. The van der Waals surface area contributed by atoms with Gasteiger partial charge in [0.05, 0.1) is 18.4 Å². The van der Waals surface area contributed by atoms with Crippen molar-refractivity contribution >= 4 is 0 Å². The number of hydrogen-bond donors (Lipinski definition) is 1. The van der Waals surface area contributed by atoms with E-state index in [4.69, 9.17) is 5.73 Å². The van der Waals surface area contributed by atoms with Crippen LogP contribution in [0, 0.1) is 13.8 Å². The Kier molecular flexibility index (Phi) is 3.52. The van der Waals surface area contributed by atoms with Gasteiger partial charge in [-0.25, -0.2) is 0 Å². The maximum absolute atomic E-state index is 5.98. The first-order valence-electron chi connectivity index (χ1n) is 6.33. The van der Waals surface area contributed by atoms with E-state index in [9.17, 15) is 0 Å². The monoisotopic (exact) mass is 247 g/mol. The molecule has 2 rings (SSSR count). The van der Waals surface area contributed by atoms with Gasteiger partial charge in [-0.3, -0.25) is 9.36 Å². The molecule has 0 aromatic carbocycles. The number of nitrogens with two attached hydrogens (primary N) is 1. The van der Waals surface area contributed by atoms with E-state index < -0.39 is 0 Å². The van der Waals surface area contributed by atoms with Gasteiger partial charge in [-0.1, -0.05) is 0 Å². The summed E-state index contributed by atoms with van der Waals surface area (Å²) >= 11 is 0. The minimum Gasteiger partial charge on any atom is -0.324 e. The smallest absolute Gasteiger partial charge is 0.0693 e. The van der Waals surface area contributed by atoms with Crippen LogP contribution in [0.4, 0.5) is 0 Å². The molecule has 5 nitrogen and oxygen atoms in total. The highest BCUT2D eigenvalue weighted by atomic mass is 15.3. The normalized spacial score (nSPS) is 12.9. The van der Waals surface area contributed by atoms with E-state index in [-0.39, 0.29) is 6.04 Å². The zero-order valence-electron chi connectivity index (χ0n) is 11.5. The summed E-state index contributed by atoms with van der Waals surface area (Å²) in [5.41, 5.74) is 10.5. The molecule has 0 radical (unpaired) electrons. The molecule has 0 saturated heterocycles. The molecule has 0 spiro atoms. The van der Waals surface area contributed by atoms with Crippen LogP contribution in [0.3, 0.4) is 0 Å². The van der Waals surface area contributed by atoms with Crippen LogP contribution in [-0.4, -0.2) is 19.6 Å². The van der Waals surface area contributed by atoms with Crippen molar-refractivity contribution in [3.05, 3.63) is 34.9 Å². The van der Waals surface area contributed by atoms with Gasteiger partial charge in [0, 0.05) is 35.6 Å². The fourth-order valence-electron chi connectivity index (χ4n) is 2.36. The molecule has 0 amide bonds. The molecule has 1 atom stereocenters. The zero-order chi connectivity index (χ0) is 13.3. The van der Waals surface area contributed by atoms with E-state index >= 15 is 0 Å². The topological polar surface area (TPSA) is 61.7 Å². The van der Waals surface area contributed by atoms with Crippen LogP contribution in [0.5, 0.6) is 0 Å². The number of aryl methyl sites for hydroxylation is 2. The van der Waals surface area contributed by atoms with E-state index in [1.54, 1.807) is 0 Å². The first-order valence-corrected chi connectivity index (χ1v) is 6.33. The molecule has 0 aliphatic carbocycles. The highest BCUT2D eigenvalue weighted by molar-refractivity contribution is 5.28. The Morgan fingerprint density at radius 2 is 2.11 bits per heavy atom. The summed E-state index contributed by atoms with van der Waals surface area (Å²) in [6.45, 7) is 9.80. The van der Waals surface area contributed by atoms with E-state index in [0.29, 0.717) is 0 Å². The molecule has 2 aromatic heterocycles. The fraction of sp³-hybridized carbons (Fsp3) is 0.538. The average Bonchev–Trinajstić information content (AvgIpc) is 2.85. The van der Waals surface area contributed by atoms with Crippen LogP contribution in [0.25, 0.3) is 0 Å². The van der Waals surface area contributed by atoms with E-state index in [2.05, 4.69) is 30.2 Å². The van der Waals surface area contributed by atoms with Crippen LogP contribution >= 0.6 is 0 Å². The van der Waals surface area contributed by atoms with Gasteiger partial charge in [-0.05, 0) is 27.7 Å². The average molecular weight is 247 g/mol. The molecular weight excluding hydrogens is 226 g/mol. The lowest BCUT2D eigenvalue weighted by molar-refractivity contribution is 0.646. The van der Waals surface area contributed by atoms with Crippen LogP contribution in [0.1, 0.15) is 42.4 Å². The van der Waals surface area contributed by atoms with E-state index in [1.807, 2.05) is 29.4 Å². The molecule has 0 saturated carbocycles. The summed E-state index contributed by atoms with van der Waals surface area (Å²) in [6, 6.07) is 0.0251. The van der Waals surface area contributed by atoms with Gasteiger partial charge in [-0.2, -0.15) is 10.2 Å². The standard InChI is InChI=1S/C13H21N5/c1-5-17-7-12(6-15-17)8-18-11(4)13(9(2)14)10(3)16-18/h6-7,9H,5,8,14H2,1-4H3. The Hall–Kier alpha value is -1.62. The molecule has 5 heteroatoms. The van der Waals surface area contributed by atoms with Gasteiger partial charge in [0.25, 0.3) is 0 Å². The Morgan fingerprint density at radius 3 is 2.61 bits per heavy atom. The lowest BCUT2D eigenvalue weighted by atomic mass is 10.1. The van der Waals surface area contributed by atoms with Crippen molar-refractivity contribution in [3.8, 4) is 0 Å². The Morgan fingerprint density at radius 1 is 1.39 bits per heavy atom. The second-order valence-corrected chi connectivity index (χ2v) is 4.74. The van der Waals surface area contributed by atoms with Gasteiger partial charge in [0.2, 0.25) is 0 Å². The van der Waals surface area contributed by atoms with Gasteiger partial charge in [0.15, 0.2) is 0 Å². The van der Waals surface area contributed by atoms with Crippen molar-refractivity contribution in [1.82, 2.24) is 19.6 Å². The fourth-order valence-corrected chi connectivity index (χ4v) is 2.36. The van der Waals surface area contributed by atoms with Gasteiger partial charge < -0.3 is 5.73 Å². The largest absolute Gasteiger partial charge is 0.324 e. The highest BCUT2D eigenvalue weighted by Crippen LogP contribution is 2.20. The molecule has 0 aliphatic heterocycles. The third-order valence-corrected chi connectivity index (χ3v) is 3.24. The second kappa shape index (κ2) is 4.94. The second-order valence-electron chi connectivity index (χ2n) is 4.74. The summed E-state index contributed by atoms with van der Waals surface area (Å²) in [7, 11) is 0. The van der Waals surface area contributed by atoms with Crippen molar-refractivity contribution < 1.29 is 0 Å².